The number of halogens is 1. The van der Waals surface area contributed by atoms with Gasteiger partial charge in [-0.1, -0.05) is 11.6 Å². The molecule has 0 radical (unpaired) electrons. The van der Waals surface area contributed by atoms with Crippen LogP contribution in [0.15, 0.2) is 29.6 Å². The zero-order valence-corrected chi connectivity index (χ0v) is 10.7. The summed E-state index contributed by atoms with van der Waals surface area (Å²) >= 11 is 7.07. The fourth-order valence-electron chi connectivity index (χ4n) is 1.27. The van der Waals surface area contributed by atoms with Crippen molar-refractivity contribution >= 4 is 39.7 Å². The summed E-state index contributed by atoms with van der Waals surface area (Å²) in [5.74, 6) is -1.10. The van der Waals surface area contributed by atoms with Crippen LogP contribution in [0, 0.1) is 0 Å². The lowest BCUT2D eigenvalue weighted by Gasteiger charge is -2.03. The van der Waals surface area contributed by atoms with Gasteiger partial charge in [0.2, 0.25) is 0 Å². The quantitative estimate of drug-likeness (QED) is 0.803. The smallest absolute Gasteiger partial charge is 0.326 e. The van der Waals surface area contributed by atoms with Gasteiger partial charge < -0.3 is 16.2 Å². The van der Waals surface area contributed by atoms with Crippen LogP contribution in [0.4, 0.5) is 10.8 Å². The summed E-state index contributed by atoms with van der Waals surface area (Å²) in [7, 11) is 0. The summed E-state index contributed by atoms with van der Waals surface area (Å²) in [6.45, 7) is 0. The van der Waals surface area contributed by atoms with Crippen molar-refractivity contribution in [1.82, 2.24) is 4.98 Å². The van der Waals surface area contributed by atoms with Crippen LogP contribution >= 0.6 is 22.9 Å². The molecule has 0 spiro atoms. The molecule has 2 aromatic rings. The minimum absolute atomic E-state index is 0.337. The normalized spacial score (nSPS) is 12.1. The molecule has 18 heavy (non-hydrogen) atoms. The van der Waals surface area contributed by atoms with E-state index in [2.05, 4.69) is 10.3 Å². The van der Waals surface area contributed by atoms with Crippen LogP contribution in [-0.2, 0) is 4.79 Å². The van der Waals surface area contributed by atoms with Gasteiger partial charge in [-0.05, 0) is 24.3 Å². The van der Waals surface area contributed by atoms with Gasteiger partial charge in [-0.25, -0.2) is 4.98 Å². The Morgan fingerprint density at radius 1 is 1.44 bits per heavy atom. The molecule has 5 nitrogen and oxygen atoms in total. The second-order valence-corrected chi connectivity index (χ2v) is 4.82. The van der Waals surface area contributed by atoms with Crippen LogP contribution in [0.2, 0.25) is 5.02 Å². The molecule has 1 atom stereocenters. The zero-order valence-electron chi connectivity index (χ0n) is 9.13. The molecule has 1 unspecified atom stereocenters. The Balaban J connectivity index is 2.11. The number of thiazole rings is 1. The van der Waals surface area contributed by atoms with E-state index in [4.69, 9.17) is 22.4 Å². The summed E-state index contributed by atoms with van der Waals surface area (Å²) in [5, 5.41) is 14.7. The van der Waals surface area contributed by atoms with Crippen LogP contribution < -0.4 is 11.1 Å². The Bertz CT molecular complexity index is 556. The van der Waals surface area contributed by atoms with Crippen molar-refractivity contribution in [3.05, 3.63) is 40.4 Å². The molecule has 0 fully saturated rings. The van der Waals surface area contributed by atoms with Gasteiger partial charge in [-0.3, -0.25) is 4.79 Å². The van der Waals surface area contributed by atoms with Crippen molar-refractivity contribution in [2.75, 3.05) is 5.32 Å². The van der Waals surface area contributed by atoms with E-state index in [9.17, 15) is 4.79 Å². The Labute approximate surface area is 112 Å². The van der Waals surface area contributed by atoms with E-state index in [0.717, 1.165) is 5.69 Å². The number of nitrogens with two attached hydrogens (primary N) is 1. The third-order valence-electron chi connectivity index (χ3n) is 2.20. The Morgan fingerprint density at radius 2 is 2.11 bits per heavy atom. The van der Waals surface area contributed by atoms with Gasteiger partial charge in [0.1, 0.15) is 6.04 Å². The van der Waals surface area contributed by atoms with Crippen LogP contribution in [0.5, 0.6) is 0 Å². The maximum atomic E-state index is 10.7. The SMILES string of the molecule is NC(C(=O)O)c1csc(Nc2ccc(Cl)cc2)n1. The van der Waals surface area contributed by atoms with E-state index in [1.807, 2.05) is 0 Å². The van der Waals surface area contributed by atoms with Crippen molar-refractivity contribution in [3.8, 4) is 0 Å². The van der Waals surface area contributed by atoms with Crippen molar-refractivity contribution in [1.29, 1.82) is 0 Å². The first kappa shape index (κ1) is 12.8. The number of rotatable bonds is 4. The molecular weight excluding hydrogens is 274 g/mol. The molecule has 1 aromatic heterocycles. The van der Waals surface area contributed by atoms with E-state index in [1.165, 1.54) is 11.3 Å². The topological polar surface area (TPSA) is 88.2 Å². The highest BCUT2D eigenvalue weighted by Gasteiger charge is 2.17. The summed E-state index contributed by atoms with van der Waals surface area (Å²) < 4.78 is 0. The highest BCUT2D eigenvalue weighted by molar-refractivity contribution is 7.13. The molecule has 0 aliphatic heterocycles. The molecule has 2 rings (SSSR count). The number of nitrogens with one attached hydrogen (secondary N) is 1. The maximum absolute atomic E-state index is 10.7. The van der Waals surface area contributed by atoms with Gasteiger partial charge in [0.05, 0.1) is 5.69 Å². The van der Waals surface area contributed by atoms with Gasteiger partial charge in [0, 0.05) is 16.1 Å². The lowest BCUT2D eigenvalue weighted by Crippen LogP contribution is -2.20. The Kier molecular flexibility index (Phi) is 3.81. The highest BCUT2D eigenvalue weighted by Crippen LogP contribution is 2.24. The summed E-state index contributed by atoms with van der Waals surface area (Å²) in [6, 6.07) is 6.02. The Morgan fingerprint density at radius 3 is 2.72 bits per heavy atom. The molecule has 0 saturated carbocycles. The molecule has 0 saturated heterocycles. The van der Waals surface area contributed by atoms with Crippen molar-refractivity contribution in [3.63, 3.8) is 0 Å². The number of carboxylic acid groups (broad SMARTS) is 1. The number of benzene rings is 1. The van der Waals surface area contributed by atoms with Crippen LogP contribution in [-0.4, -0.2) is 16.1 Å². The maximum Gasteiger partial charge on any atom is 0.326 e. The van der Waals surface area contributed by atoms with Crippen molar-refractivity contribution in [2.45, 2.75) is 6.04 Å². The molecule has 1 heterocycles. The minimum atomic E-state index is -1.10. The minimum Gasteiger partial charge on any atom is -0.480 e. The monoisotopic (exact) mass is 283 g/mol. The number of aliphatic carboxylic acids is 1. The molecule has 0 bridgehead atoms. The fourth-order valence-corrected chi connectivity index (χ4v) is 2.16. The van der Waals surface area contributed by atoms with Gasteiger partial charge in [0.15, 0.2) is 5.13 Å². The average molecular weight is 284 g/mol. The lowest BCUT2D eigenvalue weighted by atomic mass is 10.2. The van der Waals surface area contributed by atoms with E-state index in [1.54, 1.807) is 29.6 Å². The highest BCUT2D eigenvalue weighted by atomic mass is 35.5. The first-order valence-electron chi connectivity index (χ1n) is 5.02. The molecule has 4 N–H and O–H groups in total. The van der Waals surface area contributed by atoms with Crippen LogP contribution in [0.1, 0.15) is 11.7 Å². The zero-order chi connectivity index (χ0) is 13.1. The Hall–Kier alpha value is -1.63. The van der Waals surface area contributed by atoms with E-state index >= 15 is 0 Å². The predicted molar refractivity (Wildman–Crippen MR) is 71.4 cm³/mol. The molecule has 94 valence electrons. The second kappa shape index (κ2) is 5.34. The van der Waals surface area contributed by atoms with Gasteiger partial charge in [-0.15, -0.1) is 11.3 Å². The lowest BCUT2D eigenvalue weighted by molar-refractivity contribution is -0.138. The number of hydrogen-bond donors (Lipinski definition) is 3. The second-order valence-electron chi connectivity index (χ2n) is 3.53. The molecule has 0 aliphatic rings. The van der Waals surface area contributed by atoms with Crippen LogP contribution in [0.25, 0.3) is 0 Å². The molecular formula is C11H10ClN3O2S. The van der Waals surface area contributed by atoms with Gasteiger partial charge in [-0.2, -0.15) is 0 Å². The standard InChI is InChI=1S/C11H10ClN3O2S/c12-6-1-3-7(4-2-6)14-11-15-8(5-18-11)9(13)10(16)17/h1-5,9H,13H2,(H,14,15)(H,16,17). The number of nitrogens with zero attached hydrogens (tertiary/aromatic N) is 1. The van der Waals surface area contributed by atoms with Crippen LogP contribution in [0.3, 0.4) is 0 Å². The van der Waals surface area contributed by atoms with Crippen molar-refractivity contribution < 1.29 is 9.90 Å². The number of aromatic nitrogens is 1. The number of hydrogen-bond acceptors (Lipinski definition) is 5. The average Bonchev–Trinajstić information content (AvgIpc) is 2.79. The third-order valence-corrected chi connectivity index (χ3v) is 3.23. The van der Waals surface area contributed by atoms with E-state index in [0.29, 0.717) is 15.8 Å². The van der Waals surface area contributed by atoms with Gasteiger partial charge in [0.25, 0.3) is 0 Å². The fraction of sp³-hybridized carbons (Fsp3) is 0.0909. The number of anilines is 2. The first-order valence-corrected chi connectivity index (χ1v) is 6.28. The summed E-state index contributed by atoms with van der Waals surface area (Å²) in [4.78, 5) is 14.8. The number of carboxylic acids is 1. The molecule has 0 aliphatic carbocycles. The molecule has 1 aromatic carbocycles. The summed E-state index contributed by atoms with van der Waals surface area (Å²) in [5.41, 5.74) is 6.62. The largest absolute Gasteiger partial charge is 0.480 e. The predicted octanol–water partition coefficient (Wildman–Crippen LogP) is 2.62. The molecule has 0 amide bonds. The van der Waals surface area contributed by atoms with E-state index in [-0.39, 0.29) is 0 Å². The molecule has 7 heteroatoms. The van der Waals surface area contributed by atoms with Gasteiger partial charge >= 0.3 is 5.97 Å². The summed E-state index contributed by atoms with van der Waals surface area (Å²) in [6.07, 6.45) is 0. The van der Waals surface area contributed by atoms with E-state index < -0.39 is 12.0 Å². The number of carbonyl (C=O) groups is 1. The third kappa shape index (κ3) is 2.98. The van der Waals surface area contributed by atoms with Crippen molar-refractivity contribution in [2.24, 2.45) is 5.73 Å². The first-order chi connectivity index (χ1) is 8.56.